The molecule has 8 heteroatoms. The predicted molar refractivity (Wildman–Crippen MR) is 286 cm³/mol. The van der Waals surface area contributed by atoms with Gasteiger partial charge in [0.1, 0.15) is 0 Å². The summed E-state index contributed by atoms with van der Waals surface area (Å²) in [6.07, 6.45) is 17.7. The van der Waals surface area contributed by atoms with E-state index in [1.807, 2.05) is 53.7 Å². The van der Waals surface area contributed by atoms with Crippen LogP contribution in [-0.4, -0.2) is 49.3 Å². The van der Waals surface area contributed by atoms with Crippen LogP contribution < -0.4 is 0 Å². The molecule has 0 heterocycles. The summed E-state index contributed by atoms with van der Waals surface area (Å²) in [6.45, 7) is 47.3. The summed E-state index contributed by atoms with van der Waals surface area (Å²) < 4.78 is 14.0. The maximum Gasteiger partial charge on any atom is 0.333 e. The Bertz CT molecular complexity index is 1440. The van der Waals surface area contributed by atoms with Crippen LogP contribution in [0.5, 0.6) is 0 Å². The number of Topliss-reactive ketones (excluding diaryl/α,β-unsaturated/α-hetero) is 1. The molecule has 0 unspecified atom stereocenters. The van der Waals surface area contributed by atoms with Gasteiger partial charge in [-0.05, 0) is 109 Å². The number of aryl methyl sites for hydroxylation is 2. The lowest BCUT2D eigenvalue weighted by molar-refractivity contribution is -0.139. The quantitative estimate of drug-likeness (QED) is 0.0592. The molecule has 66 heavy (non-hydrogen) atoms. The topological polar surface area (TPSA) is 113 Å². The number of hydrogen-bond acceptors (Lipinski definition) is 8. The highest BCUT2D eigenvalue weighted by Gasteiger charge is 2.00. The molecule has 0 bridgehead atoms. The Balaban J connectivity index is -0.000000120. The standard InChI is InChI=1S/C8H14O.2C8H10.2C7H12O2.C7H12O.C6H10O2.C4H8.C3H6/c1-4-5-6-8(9)7(2)3;2*1-2-8-6-4-3-5-7-8;1-4-5-9-7(8)6(2)3;1-3-5-7(8)9-6-4-2;1-3-5-6-7(8)4-2;1-3-5-8-6(7)4-2;1-4(2)3;1-3-2/h2,4-6H2,1,3H3;2*3-7H,2H2,1H3;2,4-5H2,1,3H3;3,5H,4,6H2,1-2H3;4H,2-3,5-6H2,1H3;4H,2-3,5H2,1H3;1H2,2-3H3;3H,1H2,2H3/b;;;;5-3+;;;;. The fourth-order valence-electron chi connectivity index (χ4n) is 3.40. The van der Waals surface area contributed by atoms with Gasteiger partial charge in [0.15, 0.2) is 11.6 Å². The van der Waals surface area contributed by atoms with E-state index in [1.165, 1.54) is 28.9 Å². The Morgan fingerprint density at radius 3 is 1.15 bits per heavy atom. The minimum atomic E-state index is -0.341. The third-order valence-corrected chi connectivity index (χ3v) is 6.89. The van der Waals surface area contributed by atoms with Crippen LogP contribution in [0, 0.1) is 0 Å². The van der Waals surface area contributed by atoms with Crippen molar-refractivity contribution in [3.8, 4) is 0 Å². The predicted octanol–water partition coefficient (Wildman–Crippen LogP) is 15.7. The normalized spacial score (nSPS) is 8.62. The van der Waals surface area contributed by atoms with Crippen LogP contribution in [0.25, 0.3) is 0 Å². The molecule has 0 spiro atoms. The average Bonchev–Trinajstić information content (AvgIpc) is 3.31. The van der Waals surface area contributed by atoms with Crippen LogP contribution in [0.15, 0.2) is 147 Å². The maximum atomic E-state index is 10.8. The van der Waals surface area contributed by atoms with E-state index in [4.69, 9.17) is 9.47 Å². The second-order valence-corrected chi connectivity index (χ2v) is 14.3. The van der Waals surface area contributed by atoms with Crippen molar-refractivity contribution in [1.82, 2.24) is 0 Å². The van der Waals surface area contributed by atoms with Gasteiger partial charge < -0.3 is 14.2 Å². The molecule has 2 aromatic rings. The number of hydrogen-bond donors (Lipinski definition) is 0. The van der Waals surface area contributed by atoms with Crippen molar-refractivity contribution in [1.29, 1.82) is 0 Å². The van der Waals surface area contributed by atoms with Crippen molar-refractivity contribution >= 4 is 29.5 Å². The fourth-order valence-corrected chi connectivity index (χ4v) is 3.40. The van der Waals surface area contributed by atoms with Crippen molar-refractivity contribution in [2.75, 3.05) is 19.8 Å². The highest BCUT2D eigenvalue weighted by Crippen LogP contribution is 2.01. The number of esters is 3. The molecule has 0 amide bonds. The Kier molecular flexibility index (Phi) is 72.1. The molecule has 0 aromatic heterocycles. The van der Waals surface area contributed by atoms with Crippen molar-refractivity contribution < 1.29 is 38.2 Å². The molecule has 374 valence electrons. The number of ketones is 2. The van der Waals surface area contributed by atoms with Crippen LogP contribution >= 0.6 is 0 Å². The number of benzene rings is 2. The second-order valence-electron chi connectivity index (χ2n) is 14.3. The van der Waals surface area contributed by atoms with Crippen molar-refractivity contribution in [3.05, 3.63) is 158 Å². The molecule has 0 saturated carbocycles. The Hall–Kier alpha value is -5.63. The van der Waals surface area contributed by atoms with Gasteiger partial charge in [0.05, 0.1) is 19.8 Å². The van der Waals surface area contributed by atoms with Crippen LogP contribution in [-0.2, 0) is 51.0 Å². The number of allylic oxidation sites excluding steroid dienone is 5. The highest BCUT2D eigenvalue weighted by atomic mass is 16.5. The molecule has 0 saturated heterocycles. The van der Waals surface area contributed by atoms with E-state index >= 15 is 0 Å². The minimum absolute atomic E-state index is 0.159. The van der Waals surface area contributed by atoms with Gasteiger partial charge in [-0.25, -0.2) is 14.4 Å². The number of carbonyl (C=O) groups excluding carboxylic acids is 5. The number of unbranched alkanes of at least 4 members (excludes halogenated alkanes) is 2. The molecule has 0 aliphatic rings. The van der Waals surface area contributed by atoms with Gasteiger partial charge in [0, 0.05) is 30.6 Å². The van der Waals surface area contributed by atoms with Crippen LogP contribution in [0.1, 0.15) is 159 Å². The monoisotopic (exact) mass is 919 g/mol. The third-order valence-electron chi connectivity index (χ3n) is 6.89. The number of ether oxygens (including phenoxy) is 3. The van der Waals surface area contributed by atoms with Crippen molar-refractivity contribution in [3.63, 3.8) is 0 Å². The van der Waals surface area contributed by atoms with E-state index < -0.39 is 0 Å². The first-order valence-corrected chi connectivity index (χ1v) is 23.3. The summed E-state index contributed by atoms with van der Waals surface area (Å²) in [5.41, 5.74) is 5.13. The first-order valence-electron chi connectivity index (χ1n) is 23.3. The summed E-state index contributed by atoms with van der Waals surface area (Å²) in [4.78, 5) is 52.6. The van der Waals surface area contributed by atoms with Crippen LogP contribution in [0.4, 0.5) is 0 Å². The Labute approximate surface area is 405 Å². The molecule has 2 rings (SSSR count). The molecule has 0 radical (unpaired) electrons. The zero-order chi connectivity index (χ0) is 52.4. The Morgan fingerprint density at radius 1 is 0.515 bits per heavy atom. The first-order chi connectivity index (χ1) is 31.3. The van der Waals surface area contributed by atoms with Gasteiger partial charge in [-0.3, -0.25) is 9.59 Å². The van der Waals surface area contributed by atoms with Crippen molar-refractivity contribution in [2.45, 2.75) is 161 Å². The number of rotatable bonds is 19. The second kappa shape index (κ2) is 63.7. The van der Waals surface area contributed by atoms with E-state index in [1.54, 1.807) is 32.9 Å². The van der Waals surface area contributed by atoms with Gasteiger partial charge in [-0.15, -0.1) is 13.2 Å². The van der Waals surface area contributed by atoms with Gasteiger partial charge in [-0.2, -0.15) is 0 Å². The summed E-state index contributed by atoms with van der Waals surface area (Å²) >= 11 is 0. The van der Waals surface area contributed by atoms with Gasteiger partial charge in [0.25, 0.3) is 0 Å². The third kappa shape index (κ3) is 78.8. The van der Waals surface area contributed by atoms with E-state index in [9.17, 15) is 24.0 Å². The van der Waals surface area contributed by atoms with E-state index in [0.29, 0.717) is 43.8 Å². The van der Waals surface area contributed by atoms with Crippen molar-refractivity contribution in [2.24, 2.45) is 0 Å². The lowest BCUT2D eigenvalue weighted by atomic mass is 10.1. The molecular formula is C58H94O8. The summed E-state index contributed by atoms with van der Waals surface area (Å²) in [5, 5.41) is 0. The molecule has 0 N–H and O–H groups in total. The Morgan fingerprint density at radius 2 is 0.879 bits per heavy atom. The van der Waals surface area contributed by atoms with Gasteiger partial charge >= 0.3 is 17.9 Å². The average molecular weight is 919 g/mol. The van der Waals surface area contributed by atoms with Gasteiger partial charge in [0.2, 0.25) is 0 Å². The minimum Gasteiger partial charge on any atom is -0.463 e. The molecular weight excluding hydrogens is 825 g/mol. The SMILES string of the molecule is C/C=C/C(=O)OCCC.C=C(C)C.C=C(C)C(=O)CCCC.C=C(C)C(=O)OCCC.C=CC.C=CC(=O)CCCC.C=CC(=O)OCCC.CCc1ccccc1.CCc1ccccc1. The van der Waals surface area contributed by atoms with Gasteiger partial charge in [-0.1, -0.05) is 166 Å². The first kappa shape index (κ1) is 74.7. The molecule has 0 atom stereocenters. The van der Waals surface area contributed by atoms with Crippen LogP contribution in [0.2, 0.25) is 0 Å². The smallest absolute Gasteiger partial charge is 0.333 e. The summed E-state index contributed by atoms with van der Waals surface area (Å²) in [6, 6.07) is 20.9. The lowest BCUT2D eigenvalue weighted by Crippen LogP contribution is -2.04. The van der Waals surface area contributed by atoms with Crippen LogP contribution in [0.3, 0.4) is 0 Å². The maximum absolute atomic E-state index is 10.8. The largest absolute Gasteiger partial charge is 0.463 e. The lowest BCUT2D eigenvalue weighted by Gasteiger charge is -1.99. The van der Waals surface area contributed by atoms with E-state index in [2.05, 4.69) is 120 Å². The molecule has 2 aromatic carbocycles. The fraction of sp³-hybridized carbons (Fsp3) is 0.466. The molecule has 8 nitrogen and oxygen atoms in total. The number of carbonyl (C=O) groups is 5. The van der Waals surface area contributed by atoms with E-state index in [-0.39, 0.29) is 29.5 Å². The molecule has 0 aliphatic carbocycles. The molecule has 0 fully saturated rings. The molecule has 0 aliphatic heterocycles. The highest BCUT2D eigenvalue weighted by molar-refractivity contribution is 5.94. The zero-order valence-corrected chi connectivity index (χ0v) is 44.1. The summed E-state index contributed by atoms with van der Waals surface area (Å²) in [5.74, 6) is -0.522. The van der Waals surface area contributed by atoms with E-state index in [0.717, 1.165) is 63.9 Å². The zero-order valence-electron chi connectivity index (χ0n) is 44.1. The summed E-state index contributed by atoms with van der Waals surface area (Å²) in [7, 11) is 0.